The van der Waals surface area contributed by atoms with E-state index in [-0.39, 0.29) is 17.3 Å². The van der Waals surface area contributed by atoms with Gasteiger partial charge in [0.1, 0.15) is 11.3 Å². The zero-order valence-electron chi connectivity index (χ0n) is 16.8. The van der Waals surface area contributed by atoms with Gasteiger partial charge in [0.2, 0.25) is 5.91 Å². The molecule has 0 bridgehead atoms. The average molecular weight is 417 g/mol. The lowest BCUT2D eigenvalue weighted by atomic mass is 10.1. The van der Waals surface area contributed by atoms with Crippen molar-refractivity contribution < 1.29 is 14.0 Å². The van der Waals surface area contributed by atoms with Gasteiger partial charge in [-0.15, -0.1) is 0 Å². The van der Waals surface area contributed by atoms with Gasteiger partial charge in [0, 0.05) is 25.4 Å². The maximum Gasteiger partial charge on any atom is 0.257 e. The number of fused-ring (bicyclic) bond motifs is 1. The highest BCUT2D eigenvalue weighted by Gasteiger charge is 2.12. The summed E-state index contributed by atoms with van der Waals surface area (Å²) in [6, 6.07) is 15.8. The first-order chi connectivity index (χ1) is 15.0. The number of carbonyl (C=O) groups is 2. The number of aromatic nitrogens is 3. The minimum Gasteiger partial charge on any atom is -0.324 e. The van der Waals surface area contributed by atoms with Crippen LogP contribution in [0.3, 0.4) is 0 Å². The fourth-order valence-corrected chi connectivity index (χ4v) is 3.22. The quantitative estimate of drug-likeness (QED) is 0.496. The van der Waals surface area contributed by atoms with Crippen LogP contribution in [0.4, 0.5) is 15.8 Å². The van der Waals surface area contributed by atoms with Crippen molar-refractivity contribution in [3.63, 3.8) is 0 Å². The second-order valence-corrected chi connectivity index (χ2v) is 7.07. The van der Waals surface area contributed by atoms with Crippen molar-refractivity contribution >= 4 is 34.4 Å². The number of pyridine rings is 1. The molecule has 8 heteroatoms. The molecule has 0 aliphatic carbocycles. The molecule has 0 unspecified atom stereocenters. The minimum absolute atomic E-state index is 0.0506. The molecule has 4 rings (SSSR count). The van der Waals surface area contributed by atoms with Crippen LogP contribution in [0.2, 0.25) is 0 Å². The van der Waals surface area contributed by atoms with Gasteiger partial charge in [-0.05, 0) is 36.2 Å². The number of hydrogen-bond acceptors (Lipinski definition) is 4. The van der Waals surface area contributed by atoms with E-state index in [9.17, 15) is 14.0 Å². The second kappa shape index (κ2) is 8.74. The molecular weight excluding hydrogens is 397 g/mol. The van der Waals surface area contributed by atoms with Crippen LogP contribution in [0.15, 0.2) is 67.1 Å². The first-order valence-corrected chi connectivity index (χ1v) is 9.73. The molecule has 2 N–H and O–H groups in total. The molecule has 0 aliphatic heterocycles. The predicted molar refractivity (Wildman–Crippen MR) is 116 cm³/mol. The number of nitrogens with zero attached hydrogens (tertiary/aromatic N) is 3. The number of carbonyl (C=O) groups excluding carboxylic acids is 2. The number of imidazole rings is 1. The van der Waals surface area contributed by atoms with Crippen molar-refractivity contribution in [2.75, 3.05) is 10.6 Å². The summed E-state index contributed by atoms with van der Waals surface area (Å²) in [5.74, 6) is -1.45. The Bertz CT molecular complexity index is 1250. The number of nitrogens with one attached hydrogen (secondary N) is 2. The van der Waals surface area contributed by atoms with Crippen molar-refractivity contribution in [1.82, 2.24) is 14.5 Å². The Morgan fingerprint density at radius 2 is 1.84 bits per heavy atom. The largest absolute Gasteiger partial charge is 0.324 e. The summed E-state index contributed by atoms with van der Waals surface area (Å²) in [5, 5.41) is 5.01. The van der Waals surface area contributed by atoms with E-state index in [1.165, 1.54) is 30.8 Å². The van der Waals surface area contributed by atoms with Crippen LogP contribution in [0, 0.1) is 5.82 Å². The van der Waals surface area contributed by atoms with Crippen molar-refractivity contribution in [1.29, 1.82) is 0 Å². The van der Waals surface area contributed by atoms with Gasteiger partial charge in [0.15, 0.2) is 5.65 Å². The molecule has 0 atom stereocenters. The molecular formula is C23H20FN5O2. The zero-order chi connectivity index (χ0) is 21.8. The van der Waals surface area contributed by atoms with E-state index >= 15 is 0 Å². The summed E-state index contributed by atoms with van der Waals surface area (Å²) in [6.45, 7) is 2.01. The van der Waals surface area contributed by atoms with Crippen LogP contribution in [0.5, 0.6) is 0 Å². The van der Waals surface area contributed by atoms with E-state index in [1.807, 2.05) is 22.8 Å². The summed E-state index contributed by atoms with van der Waals surface area (Å²) in [4.78, 5) is 32.4. The zero-order valence-corrected chi connectivity index (χ0v) is 16.8. The van der Waals surface area contributed by atoms with E-state index in [0.29, 0.717) is 16.7 Å². The topological polar surface area (TPSA) is 88.9 Å². The number of hydrogen-bond donors (Lipinski definition) is 2. The van der Waals surface area contributed by atoms with Gasteiger partial charge < -0.3 is 15.2 Å². The van der Waals surface area contributed by atoms with E-state index in [4.69, 9.17) is 0 Å². The lowest BCUT2D eigenvalue weighted by Crippen LogP contribution is -2.13. The smallest absolute Gasteiger partial charge is 0.257 e. The summed E-state index contributed by atoms with van der Waals surface area (Å²) < 4.78 is 16.0. The van der Waals surface area contributed by atoms with Gasteiger partial charge >= 0.3 is 0 Å². The van der Waals surface area contributed by atoms with Crippen molar-refractivity contribution in [3.05, 3.63) is 84.1 Å². The van der Waals surface area contributed by atoms with E-state index in [2.05, 4.69) is 32.7 Å². The Hall–Kier alpha value is -4.07. The Labute approximate surface area is 177 Å². The first kappa shape index (κ1) is 20.2. The van der Waals surface area contributed by atoms with Crippen molar-refractivity contribution in [3.8, 4) is 0 Å². The highest BCUT2D eigenvalue weighted by molar-refractivity contribution is 6.05. The summed E-state index contributed by atoms with van der Waals surface area (Å²) >= 11 is 0. The minimum atomic E-state index is -0.640. The Balaban J connectivity index is 1.46. The fourth-order valence-electron chi connectivity index (χ4n) is 3.22. The highest BCUT2D eigenvalue weighted by Crippen LogP contribution is 2.20. The molecule has 2 amide bonds. The van der Waals surface area contributed by atoms with Gasteiger partial charge in [-0.3, -0.25) is 9.59 Å². The summed E-state index contributed by atoms with van der Waals surface area (Å²) in [5.41, 5.74) is 3.15. The average Bonchev–Trinajstić information content (AvgIpc) is 3.17. The van der Waals surface area contributed by atoms with E-state index in [1.54, 1.807) is 12.4 Å². The third-order valence-electron chi connectivity index (χ3n) is 4.74. The number of amides is 2. The van der Waals surface area contributed by atoms with E-state index in [0.717, 1.165) is 19.0 Å². The van der Waals surface area contributed by atoms with Gasteiger partial charge in [-0.2, -0.15) is 0 Å². The molecule has 7 nitrogen and oxygen atoms in total. The number of aryl methyl sites for hydroxylation is 2. The lowest BCUT2D eigenvalue weighted by Gasteiger charge is -2.08. The number of halogens is 1. The standard InChI is InChI=1S/C23H20FN5O2/c1-15(30)27-20-8-7-18(12-19(20)24)28-23(31)17-11-21-22(25-13-17)29(14-26-21)10-9-16-5-3-2-4-6-16/h2-8,11-14H,9-10H2,1H3,(H,27,30)(H,28,31). The maximum absolute atomic E-state index is 14.1. The first-order valence-electron chi connectivity index (χ1n) is 9.73. The summed E-state index contributed by atoms with van der Waals surface area (Å²) in [6.07, 6.45) is 4.02. The molecule has 0 aliphatic rings. The molecule has 31 heavy (non-hydrogen) atoms. The van der Waals surface area contributed by atoms with Gasteiger partial charge in [-0.1, -0.05) is 30.3 Å². The third kappa shape index (κ3) is 4.75. The Morgan fingerprint density at radius 3 is 2.58 bits per heavy atom. The lowest BCUT2D eigenvalue weighted by molar-refractivity contribution is -0.114. The van der Waals surface area contributed by atoms with Crippen LogP contribution in [-0.2, 0) is 17.8 Å². The Kier molecular flexibility index (Phi) is 5.70. The molecule has 2 aromatic heterocycles. The number of anilines is 2. The number of benzene rings is 2. The second-order valence-electron chi connectivity index (χ2n) is 7.07. The molecule has 0 fully saturated rings. The van der Waals surface area contributed by atoms with Crippen LogP contribution in [-0.4, -0.2) is 26.3 Å². The molecule has 156 valence electrons. The van der Waals surface area contributed by atoms with Gasteiger partial charge in [0.25, 0.3) is 5.91 Å². The molecule has 0 saturated heterocycles. The maximum atomic E-state index is 14.1. The SMILES string of the molecule is CC(=O)Nc1ccc(NC(=O)c2cnc3c(c2)ncn3CCc2ccccc2)cc1F. The number of rotatable bonds is 6. The monoisotopic (exact) mass is 417 g/mol. The van der Waals surface area contributed by atoms with Crippen LogP contribution >= 0.6 is 0 Å². The molecule has 0 saturated carbocycles. The normalized spacial score (nSPS) is 10.8. The molecule has 0 spiro atoms. The van der Waals surface area contributed by atoms with E-state index < -0.39 is 11.7 Å². The van der Waals surface area contributed by atoms with Crippen LogP contribution < -0.4 is 10.6 Å². The van der Waals surface area contributed by atoms with Gasteiger partial charge in [-0.25, -0.2) is 14.4 Å². The van der Waals surface area contributed by atoms with Crippen molar-refractivity contribution in [2.45, 2.75) is 19.9 Å². The predicted octanol–water partition coefficient (Wildman–Crippen LogP) is 4.02. The van der Waals surface area contributed by atoms with Crippen LogP contribution in [0.25, 0.3) is 11.2 Å². The molecule has 2 aromatic carbocycles. The molecule has 2 heterocycles. The van der Waals surface area contributed by atoms with Crippen LogP contribution in [0.1, 0.15) is 22.8 Å². The fraction of sp³-hybridized carbons (Fsp3) is 0.130. The summed E-state index contributed by atoms with van der Waals surface area (Å²) in [7, 11) is 0. The Morgan fingerprint density at radius 1 is 1.03 bits per heavy atom. The highest BCUT2D eigenvalue weighted by atomic mass is 19.1. The van der Waals surface area contributed by atoms with Gasteiger partial charge in [0.05, 0.1) is 17.6 Å². The van der Waals surface area contributed by atoms with Crippen molar-refractivity contribution in [2.24, 2.45) is 0 Å². The molecule has 0 radical (unpaired) electrons. The third-order valence-corrected chi connectivity index (χ3v) is 4.74. The molecule has 4 aromatic rings.